The normalized spacial score (nSPS) is 17.0. The van der Waals surface area contributed by atoms with Crippen molar-refractivity contribution in [1.82, 2.24) is 10.2 Å². The zero-order chi connectivity index (χ0) is 19.6. The third-order valence-corrected chi connectivity index (χ3v) is 4.47. The Bertz CT molecular complexity index is 892. The van der Waals surface area contributed by atoms with Crippen molar-refractivity contribution in [3.63, 3.8) is 0 Å². The number of nitrogens with one attached hydrogen (secondary N) is 1. The van der Waals surface area contributed by atoms with E-state index in [1.165, 1.54) is 18.1 Å². The van der Waals surface area contributed by atoms with Crippen molar-refractivity contribution in [3.8, 4) is 0 Å². The highest BCUT2D eigenvalue weighted by atomic mass is 19.1. The van der Waals surface area contributed by atoms with Gasteiger partial charge in [-0.25, -0.2) is 18.4 Å². The van der Waals surface area contributed by atoms with Crippen LogP contribution in [0.5, 0.6) is 0 Å². The molecule has 3 rings (SSSR count). The molecule has 0 spiro atoms. The van der Waals surface area contributed by atoms with E-state index in [2.05, 4.69) is 5.32 Å². The number of allylic oxidation sites excluding steroid dienone is 1. The van der Waals surface area contributed by atoms with Crippen LogP contribution in [-0.4, -0.2) is 24.0 Å². The quantitative estimate of drug-likeness (QED) is 0.833. The SMILES string of the molecule is COC(=O)C1=C(C)N(Cc2ccccc2)C(=O)NC1c1c(F)cccc1F. The molecule has 1 aliphatic heterocycles. The van der Waals surface area contributed by atoms with Gasteiger partial charge in [0.2, 0.25) is 0 Å². The summed E-state index contributed by atoms with van der Waals surface area (Å²) >= 11 is 0. The number of nitrogens with zero attached hydrogens (tertiary/aromatic N) is 1. The molecule has 0 radical (unpaired) electrons. The summed E-state index contributed by atoms with van der Waals surface area (Å²) in [6, 6.07) is 10.7. The van der Waals surface area contributed by atoms with Crippen LogP contribution in [0, 0.1) is 11.6 Å². The summed E-state index contributed by atoms with van der Waals surface area (Å²) < 4.78 is 33.4. The van der Waals surface area contributed by atoms with Crippen molar-refractivity contribution in [3.05, 3.63) is 82.6 Å². The lowest BCUT2D eigenvalue weighted by atomic mass is 9.94. The Kier molecular flexibility index (Phi) is 5.21. The Hall–Kier alpha value is -3.22. The molecule has 0 saturated heterocycles. The third kappa shape index (κ3) is 3.53. The number of benzene rings is 2. The average Bonchev–Trinajstić information content (AvgIpc) is 2.65. The molecule has 2 aromatic carbocycles. The molecule has 7 heteroatoms. The molecule has 1 unspecified atom stereocenters. The average molecular weight is 372 g/mol. The first-order valence-electron chi connectivity index (χ1n) is 8.29. The molecule has 140 valence electrons. The highest BCUT2D eigenvalue weighted by Crippen LogP contribution is 2.34. The maximum Gasteiger partial charge on any atom is 0.337 e. The Morgan fingerprint density at radius 2 is 1.74 bits per heavy atom. The van der Waals surface area contributed by atoms with Gasteiger partial charge in [-0.1, -0.05) is 36.4 Å². The number of carbonyl (C=O) groups excluding carboxylic acids is 2. The van der Waals surface area contributed by atoms with Gasteiger partial charge >= 0.3 is 12.0 Å². The highest BCUT2D eigenvalue weighted by molar-refractivity contribution is 5.95. The van der Waals surface area contributed by atoms with Gasteiger partial charge in [0.25, 0.3) is 0 Å². The van der Waals surface area contributed by atoms with Gasteiger partial charge in [0.05, 0.1) is 30.8 Å². The number of carbonyl (C=O) groups is 2. The fraction of sp³-hybridized carbons (Fsp3) is 0.200. The number of esters is 1. The first-order chi connectivity index (χ1) is 12.9. The van der Waals surface area contributed by atoms with Crippen molar-refractivity contribution in [2.75, 3.05) is 7.11 Å². The Balaban J connectivity index is 2.09. The summed E-state index contributed by atoms with van der Waals surface area (Å²) in [5.74, 6) is -2.48. The van der Waals surface area contributed by atoms with Crippen LogP contribution in [0.25, 0.3) is 0 Å². The molecule has 0 fully saturated rings. The Morgan fingerprint density at radius 1 is 1.11 bits per heavy atom. The zero-order valence-corrected chi connectivity index (χ0v) is 14.8. The standard InChI is InChI=1S/C20H18F2N2O3/c1-12-16(19(25)27-2)18(17-14(21)9-6-10-15(17)22)23-20(26)24(12)11-13-7-4-3-5-8-13/h3-10,18H,11H2,1-2H3,(H,23,26). The largest absolute Gasteiger partial charge is 0.466 e. The fourth-order valence-corrected chi connectivity index (χ4v) is 3.12. The monoisotopic (exact) mass is 372 g/mol. The maximum absolute atomic E-state index is 14.3. The van der Waals surface area contributed by atoms with Gasteiger partial charge in [-0.2, -0.15) is 0 Å². The molecule has 0 aliphatic carbocycles. The minimum atomic E-state index is -1.28. The topological polar surface area (TPSA) is 58.6 Å². The molecule has 5 nitrogen and oxygen atoms in total. The van der Waals surface area contributed by atoms with Crippen molar-refractivity contribution < 1.29 is 23.1 Å². The molecule has 0 bridgehead atoms. The van der Waals surface area contributed by atoms with Crippen LogP contribution in [0.4, 0.5) is 13.6 Å². The fourth-order valence-electron chi connectivity index (χ4n) is 3.12. The predicted octanol–water partition coefficient (Wildman–Crippen LogP) is 3.68. The number of urea groups is 1. The lowest BCUT2D eigenvalue weighted by Crippen LogP contribution is -2.48. The smallest absolute Gasteiger partial charge is 0.337 e. The van der Waals surface area contributed by atoms with E-state index in [4.69, 9.17) is 4.74 Å². The van der Waals surface area contributed by atoms with E-state index in [9.17, 15) is 18.4 Å². The molecule has 1 aliphatic rings. The zero-order valence-electron chi connectivity index (χ0n) is 14.8. The predicted molar refractivity (Wildman–Crippen MR) is 94.3 cm³/mol. The summed E-state index contributed by atoms with van der Waals surface area (Å²) in [5.41, 5.74) is 0.704. The maximum atomic E-state index is 14.3. The Labute approximate surface area is 155 Å². The number of rotatable bonds is 4. The summed E-state index contributed by atoms with van der Waals surface area (Å²) in [7, 11) is 1.18. The number of hydrogen-bond acceptors (Lipinski definition) is 3. The van der Waals surface area contributed by atoms with Gasteiger partial charge in [0, 0.05) is 5.70 Å². The summed E-state index contributed by atoms with van der Waals surface area (Å²) in [6.45, 7) is 1.76. The first-order valence-corrected chi connectivity index (χ1v) is 8.29. The molecular weight excluding hydrogens is 354 g/mol. The van der Waals surface area contributed by atoms with Crippen LogP contribution in [0.2, 0.25) is 0 Å². The molecule has 1 heterocycles. The van der Waals surface area contributed by atoms with E-state index in [0.717, 1.165) is 17.7 Å². The van der Waals surface area contributed by atoms with E-state index in [1.54, 1.807) is 6.92 Å². The van der Waals surface area contributed by atoms with Crippen molar-refractivity contribution in [2.24, 2.45) is 0 Å². The van der Waals surface area contributed by atoms with Gasteiger partial charge in [-0.05, 0) is 24.6 Å². The van der Waals surface area contributed by atoms with Gasteiger partial charge < -0.3 is 10.1 Å². The Morgan fingerprint density at radius 3 is 2.33 bits per heavy atom. The number of methoxy groups -OCH3 is 1. The van der Waals surface area contributed by atoms with Crippen molar-refractivity contribution in [2.45, 2.75) is 19.5 Å². The van der Waals surface area contributed by atoms with Crippen LogP contribution in [-0.2, 0) is 16.1 Å². The van der Waals surface area contributed by atoms with Crippen LogP contribution in [0.1, 0.15) is 24.1 Å². The summed E-state index contributed by atoms with van der Waals surface area (Å²) in [4.78, 5) is 26.4. The minimum absolute atomic E-state index is 0.0166. The number of hydrogen-bond donors (Lipinski definition) is 1. The van der Waals surface area contributed by atoms with Gasteiger partial charge in [0.15, 0.2) is 0 Å². The van der Waals surface area contributed by atoms with E-state index >= 15 is 0 Å². The van der Waals surface area contributed by atoms with Crippen LogP contribution in [0.3, 0.4) is 0 Å². The minimum Gasteiger partial charge on any atom is -0.466 e. The van der Waals surface area contributed by atoms with Gasteiger partial charge in [-0.15, -0.1) is 0 Å². The van der Waals surface area contributed by atoms with Crippen LogP contribution in [0.15, 0.2) is 59.8 Å². The van der Waals surface area contributed by atoms with E-state index in [-0.39, 0.29) is 17.8 Å². The molecule has 27 heavy (non-hydrogen) atoms. The first kappa shape index (κ1) is 18.6. The van der Waals surface area contributed by atoms with Crippen molar-refractivity contribution >= 4 is 12.0 Å². The number of amides is 2. The van der Waals surface area contributed by atoms with E-state index in [1.807, 2.05) is 30.3 Å². The highest BCUT2D eigenvalue weighted by Gasteiger charge is 2.38. The molecular formula is C20H18F2N2O3. The summed E-state index contributed by atoms with van der Waals surface area (Å²) in [5, 5.41) is 2.53. The van der Waals surface area contributed by atoms with E-state index in [0.29, 0.717) is 0 Å². The lowest BCUT2D eigenvalue weighted by molar-refractivity contribution is -0.136. The molecule has 2 amide bonds. The second kappa shape index (κ2) is 7.57. The number of halogens is 2. The molecule has 0 saturated carbocycles. The molecule has 1 N–H and O–H groups in total. The third-order valence-electron chi connectivity index (χ3n) is 4.47. The van der Waals surface area contributed by atoms with Crippen LogP contribution < -0.4 is 5.32 Å². The molecule has 1 atom stereocenters. The van der Waals surface area contributed by atoms with Crippen LogP contribution >= 0.6 is 0 Å². The summed E-state index contributed by atoms with van der Waals surface area (Å²) in [6.07, 6.45) is 0. The molecule has 0 aromatic heterocycles. The number of ether oxygens (including phenoxy) is 1. The van der Waals surface area contributed by atoms with Gasteiger partial charge in [-0.3, -0.25) is 4.90 Å². The van der Waals surface area contributed by atoms with Crippen molar-refractivity contribution in [1.29, 1.82) is 0 Å². The molecule has 2 aromatic rings. The lowest BCUT2D eigenvalue weighted by Gasteiger charge is -2.35. The second-order valence-corrected chi connectivity index (χ2v) is 6.08. The van der Waals surface area contributed by atoms with Gasteiger partial charge in [0.1, 0.15) is 11.6 Å². The second-order valence-electron chi connectivity index (χ2n) is 6.08. The van der Waals surface area contributed by atoms with E-state index < -0.39 is 35.2 Å².